The van der Waals surface area contributed by atoms with Gasteiger partial charge in [0.05, 0.1) is 0 Å². The minimum atomic E-state index is 0.895. The second-order valence-corrected chi connectivity index (χ2v) is 3.56. The molecule has 1 fully saturated rings. The molecule has 1 aliphatic carbocycles. The van der Waals surface area contributed by atoms with E-state index in [1.165, 1.54) is 31.6 Å². The highest BCUT2D eigenvalue weighted by atomic mass is 32.2. The first-order chi connectivity index (χ1) is 4.43. The standard InChI is InChI=1S/C7H15NS/c1-9-6-2-5-8-7-3-4-7/h7-8H,2-6H2,1H3. The third kappa shape index (κ3) is 3.82. The molecule has 0 unspecified atom stereocenters. The summed E-state index contributed by atoms with van der Waals surface area (Å²) in [4.78, 5) is 0. The molecule has 0 aromatic heterocycles. The highest BCUT2D eigenvalue weighted by Crippen LogP contribution is 2.18. The molecule has 1 N–H and O–H groups in total. The molecular formula is C7H15NS. The fourth-order valence-electron chi connectivity index (χ4n) is 0.810. The summed E-state index contributed by atoms with van der Waals surface area (Å²) in [7, 11) is 0. The van der Waals surface area contributed by atoms with Crippen molar-refractivity contribution >= 4 is 11.8 Å². The molecule has 54 valence electrons. The summed E-state index contributed by atoms with van der Waals surface area (Å²) in [6, 6.07) is 0.895. The zero-order valence-corrected chi connectivity index (χ0v) is 6.84. The van der Waals surface area contributed by atoms with Crippen LogP contribution < -0.4 is 5.32 Å². The molecule has 0 bridgehead atoms. The van der Waals surface area contributed by atoms with Crippen molar-refractivity contribution in [2.45, 2.75) is 25.3 Å². The van der Waals surface area contributed by atoms with Crippen molar-refractivity contribution in [3.63, 3.8) is 0 Å². The normalized spacial score (nSPS) is 18.3. The van der Waals surface area contributed by atoms with Crippen molar-refractivity contribution in [3.05, 3.63) is 0 Å². The summed E-state index contributed by atoms with van der Waals surface area (Å²) < 4.78 is 0. The highest BCUT2D eigenvalue weighted by Gasteiger charge is 2.19. The van der Waals surface area contributed by atoms with E-state index in [1.807, 2.05) is 11.8 Å². The maximum absolute atomic E-state index is 3.48. The highest BCUT2D eigenvalue weighted by molar-refractivity contribution is 7.98. The first-order valence-electron chi connectivity index (χ1n) is 3.66. The number of hydrogen-bond acceptors (Lipinski definition) is 2. The lowest BCUT2D eigenvalue weighted by Gasteiger charge is -1.98. The van der Waals surface area contributed by atoms with Gasteiger partial charge >= 0.3 is 0 Å². The molecule has 0 saturated heterocycles. The quantitative estimate of drug-likeness (QED) is 0.588. The summed E-state index contributed by atoms with van der Waals surface area (Å²) >= 11 is 1.93. The molecule has 2 heteroatoms. The van der Waals surface area contributed by atoms with Gasteiger partial charge in [-0.1, -0.05) is 0 Å². The Labute approximate surface area is 61.6 Å². The monoisotopic (exact) mass is 145 g/mol. The molecule has 1 rings (SSSR count). The Morgan fingerprint density at radius 2 is 2.33 bits per heavy atom. The Kier molecular flexibility index (Phi) is 3.44. The van der Waals surface area contributed by atoms with E-state index in [2.05, 4.69) is 11.6 Å². The fraction of sp³-hybridized carbons (Fsp3) is 1.00. The van der Waals surface area contributed by atoms with Gasteiger partial charge in [0.25, 0.3) is 0 Å². The number of rotatable bonds is 5. The summed E-state index contributed by atoms with van der Waals surface area (Å²) in [5.74, 6) is 1.31. The predicted molar refractivity (Wildman–Crippen MR) is 44.0 cm³/mol. The first kappa shape index (κ1) is 7.42. The molecule has 1 nitrogen and oxygen atoms in total. The lowest BCUT2D eigenvalue weighted by molar-refractivity contribution is 0.674. The number of thioether (sulfide) groups is 1. The molecule has 0 amide bonds. The van der Waals surface area contributed by atoms with Gasteiger partial charge in [0, 0.05) is 6.04 Å². The lowest BCUT2D eigenvalue weighted by Crippen LogP contribution is -2.17. The second kappa shape index (κ2) is 4.18. The molecule has 0 spiro atoms. The van der Waals surface area contributed by atoms with Gasteiger partial charge in [-0.05, 0) is 37.8 Å². The van der Waals surface area contributed by atoms with Crippen molar-refractivity contribution in [2.75, 3.05) is 18.6 Å². The maximum atomic E-state index is 3.48. The van der Waals surface area contributed by atoms with Crippen molar-refractivity contribution < 1.29 is 0 Å². The summed E-state index contributed by atoms with van der Waals surface area (Å²) in [6.07, 6.45) is 6.33. The Hall–Kier alpha value is 0.310. The van der Waals surface area contributed by atoms with E-state index in [0.29, 0.717) is 0 Å². The van der Waals surface area contributed by atoms with Gasteiger partial charge in [-0.3, -0.25) is 0 Å². The van der Waals surface area contributed by atoms with E-state index < -0.39 is 0 Å². The topological polar surface area (TPSA) is 12.0 Å². The summed E-state index contributed by atoms with van der Waals surface area (Å²) in [5.41, 5.74) is 0. The van der Waals surface area contributed by atoms with Gasteiger partial charge in [-0.2, -0.15) is 11.8 Å². The van der Waals surface area contributed by atoms with Crippen LogP contribution in [0.3, 0.4) is 0 Å². The van der Waals surface area contributed by atoms with Crippen molar-refractivity contribution in [3.8, 4) is 0 Å². The van der Waals surface area contributed by atoms with E-state index in [4.69, 9.17) is 0 Å². The van der Waals surface area contributed by atoms with Crippen molar-refractivity contribution in [1.82, 2.24) is 5.32 Å². The zero-order chi connectivity index (χ0) is 6.53. The first-order valence-corrected chi connectivity index (χ1v) is 5.05. The van der Waals surface area contributed by atoms with Crippen LogP contribution in [-0.2, 0) is 0 Å². The Bertz CT molecular complexity index is 71.3. The van der Waals surface area contributed by atoms with E-state index >= 15 is 0 Å². The maximum Gasteiger partial charge on any atom is 0.00682 e. The molecule has 0 aliphatic heterocycles. The molecule has 1 aliphatic rings. The average Bonchev–Trinajstić information content (AvgIpc) is 2.63. The number of hydrogen-bond donors (Lipinski definition) is 1. The third-order valence-electron chi connectivity index (χ3n) is 1.54. The van der Waals surface area contributed by atoms with Crippen LogP contribution in [0.1, 0.15) is 19.3 Å². The molecule has 0 radical (unpaired) electrons. The van der Waals surface area contributed by atoms with Crippen LogP contribution in [0.2, 0.25) is 0 Å². The lowest BCUT2D eigenvalue weighted by atomic mass is 10.5. The molecule has 0 aromatic rings. The largest absolute Gasteiger partial charge is 0.314 e. The Morgan fingerprint density at radius 3 is 2.89 bits per heavy atom. The molecule has 0 heterocycles. The van der Waals surface area contributed by atoms with Crippen LogP contribution >= 0.6 is 11.8 Å². The summed E-state index contributed by atoms with van der Waals surface area (Å²) in [6.45, 7) is 1.23. The minimum absolute atomic E-state index is 0.895. The van der Waals surface area contributed by atoms with Crippen LogP contribution in [0.25, 0.3) is 0 Å². The van der Waals surface area contributed by atoms with Gasteiger partial charge < -0.3 is 5.32 Å². The van der Waals surface area contributed by atoms with E-state index in [0.717, 1.165) is 6.04 Å². The van der Waals surface area contributed by atoms with Crippen LogP contribution in [0.15, 0.2) is 0 Å². The van der Waals surface area contributed by atoms with Gasteiger partial charge in [-0.25, -0.2) is 0 Å². The second-order valence-electron chi connectivity index (χ2n) is 2.57. The van der Waals surface area contributed by atoms with Crippen LogP contribution in [0.5, 0.6) is 0 Å². The predicted octanol–water partition coefficient (Wildman–Crippen LogP) is 1.49. The van der Waals surface area contributed by atoms with Crippen LogP contribution in [0.4, 0.5) is 0 Å². The Morgan fingerprint density at radius 1 is 1.56 bits per heavy atom. The number of nitrogens with one attached hydrogen (secondary N) is 1. The van der Waals surface area contributed by atoms with Gasteiger partial charge in [0.1, 0.15) is 0 Å². The third-order valence-corrected chi connectivity index (χ3v) is 2.23. The van der Waals surface area contributed by atoms with E-state index in [9.17, 15) is 0 Å². The van der Waals surface area contributed by atoms with Crippen molar-refractivity contribution in [1.29, 1.82) is 0 Å². The molecule has 0 atom stereocenters. The molecule has 9 heavy (non-hydrogen) atoms. The van der Waals surface area contributed by atoms with Gasteiger partial charge in [0.15, 0.2) is 0 Å². The molecule has 1 saturated carbocycles. The smallest absolute Gasteiger partial charge is 0.00682 e. The van der Waals surface area contributed by atoms with Crippen LogP contribution in [0, 0.1) is 0 Å². The van der Waals surface area contributed by atoms with Gasteiger partial charge in [0.2, 0.25) is 0 Å². The van der Waals surface area contributed by atoms with E-state index in [1.54, 1.807) is 0 Å². The zero-order valence-electron chi connectivity index (χ0n) is 6.02. The minimum Gasteiger partial charge on any atom is -0.314 e. The SMILES string of the molecule is CSCCCNC1CC1. The average molecular weight is 145 g/mol. The van der Waals surface area contributed by atoms with E-state index in [-0.39, 0.29) is 0 Å². The summed E-state index contributed by atoms with van der Waals surface area (Å²) in [5, 5.41) is 3.48. The fourth-order valence-corrected chi connectivity index (χ4v) is 1.24. The van der Waals surface area contributed by atoms with Crippen molar-refractivity contribution in [2.24, 2.45) is 0 Å². The van der Waals surface area contributed by atoms with Gasteiger partial charge in [-0.15, -0.1) is 0 Å². The Balaban J connectivity index is 1.71. The van der Waals surface area contributed by atoms with Crippen LogP contribution in [-0.4, -0.2) is 24.6 Å². The molecule has 0 aromatic carbocycles. The molecular weight excluding hydrogens is 130 g/mol.